The Labute approximate surface area is 219 Å². The Kier molecular flexibility index (Phi) is 7.73. The molecule has 9 nitrogen and oxygen atoms in total. The quantitative estimate of drug-likeness (QED) is 0.455. The topological polar surface area (TPSA) is 125 Å². The van der Waals surface area contributed by atoms with Crippen LogP contribution in [0.1, 0.15) is 49.7 Å². The van der Waals surface area contributed by atoms with Crippen molar-refractivity contribution >= 4 is 52.5 Å². The molecule has 10 heteroatoms. The standard InChI is InChI=1S/C27H27ClN4O5/c1-3-16(12-24(34)30-19-8-7-15(2)20(28)13-19)17-5-4-6-18(11-17)29-21-14-25(35)32(27(21)37)22-9-10-23(33)31-26(22)36/h4-8,11,13-14,16,22,29H,3,9-10,12H2,1-2H3,(H,30,34)(H,31,33,36). The summed E-state index contributed by atoms with van der Waals surface area (Å²) in [5.41, 5.74) is 3.05. The molecule has 2 aromatic rings. The lowest BCUT2D eigenvalue weighted by Crippen LogP contribution is -2.54. The van der Waals surface area contributed by atoms with Gasteiger partial charge in [-0.3, -0.25) is 34.2 Å². The predicted molar refractivity (Wildman–Crippen MR) is 139 cm³/mol. The highest BCUT2D eigenvalue weighted by molar-refractivity contribution is 6.31. The van der Waals surface area contributed by atoms with E-state index in [2.05, 4.69) is 16.0 Å². The highest BCUT2D eigenvalue weighted by Gasteiger charge is 2.42. The van der Waals surface area contributed by atoms with Crippen molar-refractivity contribution in [2.75, 3.05) is 10.6 Å². The van der Waals surface area contributed by atoms with Crippen LogP contribution in [-0.4, -0.2) is 40.5 Å². The third-order valence-corrected chi connectivity index (χ3v) is 6.90. The first-order chi connectivity index (χ1) is 17.7. The summed E-state index contributed by atoms with van der Waals surface area (Å²) in [7, 11) is 0. The van der Waals surface area contributed by atoms with E-state index in [4.69, 9.17) is 11.6 Å². The van der Waals surface area contributed by atoms with E-state index in [9.17, 15) is 24.0 Å². The van der Waals surface area contributed by atoms with Crippen LogP contribution in [0.15, 0.2) is 54.2 Å². The minimum atomic E-state index is -1.02. The number of nitrogens with one attached hydrogen (secondary N) is 3. The average Bonchev–Trinajstić information content (AvgIpc) is 3.12. The first-order valence-corrected chi connectivity index (χ1v) is 12.4. The minimum absolute atomic E-state index is 0.0360. The van der Waals surface area contributed by atoms with Gasteiger partial charge >= 0.3 is 0 Å². The van der Waals surface area contributed by atoms with Gasteiger partial charge in [0.05, 0.1) is 0 Å². The molecule has 2 aliphatic rings. The lowest BCUT2D eigenvalue weighted by molar-refractivity contribution is -0.149. The molecule has 5 amide bonds. The second-order valence-electron chi connectivity index (χ2n) is 9.11. The normalized spacial score (nSPS) is 18.4. The number of rotatable bonds is 8. The summed E-state index contributed by atoms with van der Waals surface area (Å²) >= 11 is 6.15. The number of aryl methyl sites for hydroxylation is 1. The molecule has 2 unspecified atom stereocenters. The van der Waals surface area contributed by atoms with Gasteiger partial charge in [-0.15, -0.1) is 0 Å². The molecule has 2 atom stereocenters. The number of piperidine rings is 1. The van der Waals surface area contributed by atoms with Crippen molar-refractivity contribution in [3.8, 4) is 0 Å². The van der Waals surface area contributed by atoms with Crippen molar-refractivity contribution in [1.29, 1.82) is 0 Å². The van der Waals surface area contributed by atoms with E-state index < -0.39 is 29.7 Å². The van der Waals surface area contributed by atoms with Gasteiger partial charge in [0.25, 0.3) is 11.8 Å². The SMILES string of the molecule is CCC(CC(=O)Nc1ccc(C)c(Cl)c1)c1cccc(NC2=CC(=O)N(C3CCC(=O)NC3=O)C2=O)c1. The Morgan fingerprint density at radius 2 is 1.92 bits per heavy atom. The number of benzene rings is 2. The Hall–Kier alpha value is -3.98. The predicted octanol–water partition coefficient (Wildman–Crippen LogP) is 3.64. The summed E-state index contributed by atoms with van der Waals surface area (Å²) in [4.78, 5) is 62.6. The monoisotopic (exact) mass is 522 g/mol. The first kappa shape index (κ1) is 26.1. The first-order valence-electron chi connectivity index (χ1n) is 12.0. The molecule has 0 spiro atoms. The maximum atomic E-state index is 12.9. The highest BCUT2D eigenvalue weighted by atomic mass is 35.5. The fourth-order valence-corrected chi connectivity index (χ4v) is 4.61. The second-order valence-corrected chi connectivity index (χ2v) is 9.52. The number of amides is 5. The molecule has 2 heterocycles. The Morgan fingerprint density at radius 3 is 2.62 bits per heavy atom. The second kappa shape index (κ2) is 11.0. The lowest BCUT2D eigenvalue weighted by Gasteiger charge is -2.28. The van der Waals surface area contributed by atoms with Gasteiger partial charge in [0.15, 0.2) is 0 Å². The van der Waals surface area contributed by atoms with Gasteiger partial charge in [0, 0.05) is 35.3 Å². The summed E-state index contributed by atoms with van der Waals surface area (Å²) < 4.78 is 0. The molecule has 0 aromatic heterocycles. The molecule has 0 bridgehead atoms. The van der Waals surface area contributed by atoms with Crippen LogP contribution in [0.4, 0.5) is 11.4 Å². The van der Waals surface area contributed by atoms with E-state index in [1.165, 1.54) is 0 Å². The van der Waals surface area contributed by atoms with Crippen LogP contribution in [0.2, 0.25) is 5.02 Å². The number of anilines is 2. The van der Waals surface area contributed by atoms with Gasteiger partial charge in [-0.1, -0.05) is 36.7 Å². The van der Waals surface area contributed by atoms with Gasteiger partial charge < -0.3 is 10.6 Å². The van der Waals surface area contributed by atoms with Crippen LogP contribution >= 0.6 is 11.6 Å². The van der Waals surface area contributed by atoms with Crippen molar-refractivity contribution < 1.29 is 24.0 Å². The molecule has 2 aliphatic heterocycles. The van der Waals surface area contributed by atoms with Crippen LogP contribution in [0, 0.1) is 6.92 Å². The average molecular weight is 523 g/mol. The van der Waals surface area contributed by atoms with Crippen LogP contribution in [0.5, 0.6) is 0 Å². The number of imide groups is 2. The van der Waals surface area contributed by atoms with E-state index in [1.807, 2.05) is 32.0 Å². The lowest BCUT2D eigenvalue weighted by atomic mass is 9.92. The maximum Gasteiger partial charge on any atom is 0.278 e. The van der Waals surface area contributed by atoms with Gasteiger partial charge in [-0.2, -0.15) is 0 Å². The maximum absolute atomic E-state index is 12.9. The Balaban J connectivity index is 1.42. The molecule has 0 aliphatic carbocycles. The van der Waals surface area contributed by atoms with Crippen molar-refractivity contribution in [2.24, 2.45) is 0 Å². The zero-order valence-corrected chi connectivity index (χ0v) is 21.2. The fraction of sp³-hybridized carbons (Fsp3) is 0.296. The molecular formula is C27H27ClN4O5. The number of halogens is 1. The Bertz CT molecular complexity index is 1320. The summed E-state index contributed by atoms with van der Waals surface area (Å²) in [5, 5.41) is 8.60. The van der Waals surface area contributed by atoms with Gasteiger partial charge in [0.2, 0.25) is 17.7 Å². The molecule has 2 aromatic carbocycles. The van der Waals surface area contributed by atoms with Gasteiger partial charge in [0.1, 0.15) is 11.7 Å². The van der Waals surface area contributed by atoms with Crippen molar-refractivity contribution in [2.45, 2.75) is 51.5 Å². The largest absolute Gasteiger partial charge is 0.351 e. The number of carbonyl (C=O) groups is 5. The molecule has 3 N–H and O–H groups in total. The third-order valence-electron chi connectivity index (χ3n) is 6.49. The summed E-state index contributed by atoms with van der Waals surface area (Å²) in [5.74, 6) is -2.57. The number of carbonyl (C=O) groups excluding carboxylic acids is 5. The zero-order chi connectivity index (χ0) is 26.7. The third kappa shape index (κ3) is 5.89. The summed E-state index contributed by atoms with van der Waals surface area (Å²) in [6, 6.07) is 11.6. The van der Waals surface area contributed by atoms with Gasteiger partial charge in [-0.05, 0) is 61.1 Å². The number of nitrogens with zero attached hydrogens (tertiary/aromatic N) is 1. The van der Waals surface area contributed by atoms with Crippen LogP contribution < -0.4 is 16.0 Å². The van der Waals surface area contributed by atoms with Crippen molar-refractivity contribution in [3.05, 3.63) is 70.4 Å². The molecule has 0 saturated carbocycles. The van der Waals surface area contributed by atoms with Crippen LogP contribution in [0.3, 0.4) is 0 Å². The van der Waals surface area contributed by atoms with Crippen molar-refractivity contribution in [3.63, 3.8) is 0 Å². The van der Waals surface area contributed by atoms with E-state index >= 15 is 0 Å². The minimum Gasteiger partial charge on any atom is -0.351 e. The number of hydrogen-bond donors (Lipinski definition) is 3. The van der Waals surface area contributed by atoms with Crippen LogP contribution in [-0.2, 0) is 24.0 Å². The molecule has 0 radical (unpaired) electrons. The zero-order valence-electron chi connectivity index (χ0n) is 20.5. The fourth-order valence-electron chi connectivity index (χ4n) is 4.43. The highest BCUT2D eigenvalue weighted by Crippen LogP contribution is 2.29. The molecular weight excluding hydrogens is 496 g/mol. The summed E-state index contributed by atoms with van der Waals surface area (Å²) in [6.07, 6.45) is 2.24. The summed E-state index contributed by atoms with van der Waals surface area (Å²) in [6.45, 7) is 3.87. The van der Waals surface area contributed by atoms with Crippen LogP contribution in [0.25, 0.3) is 0 Å². The molecule has 1 fully saturated rings. The van der Waals surface area contributed by atoms with E-state index in [-0.39, 0.29) is 36.8 Å². The Morgan fingerprint density at radius 1 is 1.14 bits per heavy atom. The van der Waals surface area contributed by atoms with E-state index in [1.54, 1.807) is 24.3 Å². The van der Waals surface area contributed by atoms with E-state index in [0.717, 1.165) is 22.1 Å². The van der Waals surface area contributed by atoms with E-state index in [0.29, 0.717) is 22.8 Å². The molecule has 192 valence electrons. The van der Waals surface area contributed by atoms with Crippen molar-refractivity contribution in [1.82, 2.24) is 10.2 Å². The molecule has 1 saturated heterocycles. The van der Waals surface area contributed by atoms with Gasteiger partial charge in [-0.25, -0.2) is 0 Å². The number of hydrogen-bond acceptors (Lipinski definition) is 6. The molecule has 4 rings (SSSR count). The molecule has 37 heavy (non-hydrogen) atoms. The smallest absolute Gasteiger partial charge is 0.278 e.